The summed E-state index contributed by atoms with van der Waals surface area (Å²) >= 11 is 0. The maximum Gasteiger partial charge on any atom is 0.269 e. The molecule has 0 bridgehead atoms. The monoisotopic (exact) mass is 278 g/mol. The highest BCUT2D eigenvalue weighted by molar-refractivity contribution is 6.05. The second kappa shape index (κ2) is 5.79. The van der Waals surface area contributed by atoms with E-state index in [1.807, 2.05) is 0 Å². The number of hydrogen-bond donors (Lipinski definition) is 0. The van der Waals surface area contributed by atoms with Gasteiger partial charge in [-0.3, -0.25) is 24.6 Å². The van der Waals surface area contributed by atoms with Gasteiger partial charge in [0.25, 0.3) is 11.6 Å². The van der Waals surface area contributed by atoms with E-state index in [0.29, 0.717) is 13.0 Å². The third kappa shape index (κ3) is 2.67. The maximum atomic E-state index is 12.3. The van der Waals surface area contributed by atoms with Crippen LogP contribution < -0.4 is 0 Å². The van der Waals surface area contributed by atoms with Gasteiger partial charge >= 0.3 is 0 Å². The fourth-order valence-corrected chi connectivity index (χ4v) is 2.12. The molecule has 1 unspecified atom stereocenters. The van der Waals surface area contributed by atoms with Crippen molar-refractivity contribution in [1.82, 2.24) is 4.90 Å². The number of hydrogen-bond acceptors (Lipinski definition) is 5. The van der Waals surface area contributed by atoms with Crippen LogP contribution in [0, 0.1) is 10.1 Å². The molecule has 0 aromatic heterocycles. The standard InChI is InChI=1S/C13H14N2O5/c1-2-20-12-8-7-11(16)14(12)13(17)9-3-5-10(6-4-9)15(18)19/h3-6,12H,2,7-8H2,1H3. The van der Waals surface area contributed by atoms with Gasteiger partial charge in [0, 0.05) is 37.1 Å². The number of non-ortho nitro benzene ring substituents is 1. The van der Waals surface area contributed by atoms with Crippen LogP contribution in [0.5, 0.6) is 0 Å². The van der Waals surface area contributed by atoms with Crippen LogP contribution in [0.4, 0.5) is 5.69 Å². The fraction of sp³-hybridized carbons (Fsp3) is 0.385. The summed E-state index contributed by atoms with van der Waals surface area (Å²) in [4.78, 5) is 35.2. The lowest BCUT2D eigenvalue weighted by atomic mass is 10.2. The van der Waals surface area contributed by atoms with Crippen LogP contribution in [-0.4, -0.2) is 34.5 Å². The highest BCUT2D eigenvalue weighted by Crippen LogP contribution is 2.23. The van der Waals surface area contributed by atoms with Gasteiger partial charge in [-0.1, -0.05) is 0 Å². The van der Waals surface area contributed by atoms with Crippen LogP contribution in [0.15, 0.2) is 24.3 Å². The van der Waals surface area contributed by atoms with Gasteiger partial charge in [0.15, 0.2) is 0 Å². The summed E-state index contributed by atoms with van der Waals surface area (Å²) in [7, 11) is 0. The van der Waals surface area contributed by atoms with E-state index in [9.17, 15) is 19.7 Å². The first-order chi connectivity index (χ1) is 9.54. The number of likely N-dealkylation sites (tertiary alicyclic amines) is 1. The van der Waals surface area contributed by atoms with Crippen molar-refractivity contribution in [1.29, 1.82) is 0 Å². The van der Waals surface area contributed by atoms with Crippen molar-refractivity contribution in [3.63, 3.8) is 0 Å². The van der Waals surface area contributed by atoms with Gasteiger partial charge in [0.2, 0.25) is 5.91 Å². The Balaban J connectivity index is 2.21. The van der Waals surface area contributed by atoms with Gasteiger partial charge in [-0.25, -0.2) is 0 Å². The Hall–Kier alpha value is -2.28. The number of carbonyl (C=O) groups excluding carboxylic acids is 2. The number of rotatable bonds is 4. The van der Waals surface area contributed by atoms with Crippen molar-refractivity contribution in [2.75, 3.05) is 6.61 Å². The Morgan fingerprint density at radius 1 is 1.45 bits per heavy atom. The maximum absolute atomic E-state index is 12.3. The molecule has 20 heavy (non-hydrogen) atoms. The molecule has 1 aromatic rings. The number of ether oxygens (including phenoxy) is 1. The van der Waals surface area contributed by atoms with E-state index in [2.05, 4.69) is 0 Å². The molecule has 1 aliphatic heterocycles. The van der Waals surface area contributed by atoms with Crippen molar-refractivity contribution in [3.8, 4) is 0 Å². The predicted molar refractivity (Wildman–Crippen MR) is 68.9 cm³/mol. The van der Waals surface area contributed by atoms with Gasteiger partial charge in [-0.2, -0.15) is 0 Å². The van der Waals surface area contributed by atoms with Crippen molar-refractivity contribution in [2.45, 2.75) is 26.0 Å². The average Bonchev–Trinajstić information content (AvgIpc) is 2.79. The summed E-state index contributed by atoms with van der Waals surface area (Å²) in [6.45, 7) is 2.19. The topological polar surface area (TPSA) is 89.8 Å². The summed E-state index contributed by atoms with van der Waals surface area (Å²) in [5, 5.41) is 10.6. The smallest absolute Gasteiger partial charge is 0.269 e. The van der Waals surface area contributed by atoms with Crippen LogP contribution >= 0.6 is 0 Å². The molecule has 1 heterocycles. The summed E-state index contributed by atoms with van der Waals surface area (Å²) in [6.07, 6.45) is 0.199. The van der Waals surface area contributed by atoms with E-state index in [0.717, 1.165) is 4.90 Å². The largest absolute Gasteiger partial charge is 0.358 e. The molecule has 106 valence electrons. The lowest BCUT2D eigenvalue weighted by molar-refractivity contribution is -0.384. The Morgan fingerprint density at radius 2 is 2.10 bits per heavy atom. The minimum absolute atomic E-state index is 0.101. The van der Waals surface area contributed by atoms with Crippen molar-refractivity contribution in [2.24, 2.45) is 0 Å². The number of benzene rings is 1. The molecular weight excluding hydrogens is 264 g/mol. The van der Waals surface area contributed by atoms with E-state index in [1.54, 1.807) is 6.92 Å². The fourth-order valence-electron chi connectivity index (χ4n) is 2.12. The third-order valence-electron chi connectivity index (χ3n) is 3.06. The first-order valence-electron chi connectivity index (χ1n) is 6.27. The van der Waals surface area contributed by atoms with Gasteiger partial charge in [-0.05, 0) is 19.1 Å². The van der Waals surface area contributed by atoms with E-state index in [4.69, 9.17) is 4.74 Å². The van der Waals surface area contributed by atoms with E-state index >= 15 is 0 Å². The van der Waals surface area contributed by atoms with Gasteiger partial charge in [0.1, 0.15) is 6.23 Å². The van der Waals surface area contributed by atoms with Crippen molar-refractivity contribution >= 4 is 17.5 Å². The number of nitro groups is 1. The van der Waals surface area contributed by atoms with Crippen molar-refractivity contribution < 1.29 is 19.2 Å². The molecule has 0 N–H and O–H groups in total. The number of amides is 2. The molecule has 1 saturated heterocycles. The average molecular weight is 278 g/mol. The van der Waals surface area contributed by atoms with Crippen LogP contribution in [0.25, 0.3) is 0 Å². The van der Waals surface area contributed by atoms with Crippen LogP contribution in [-0.2, 0) is 9.53 Å². The minimum atomic E-state index is -0.546. The molecule has 1 atom stereocenters. The molecule has 1 aliphatic rings. The summed E-state index contributed by atoms with van der Waals surface area (Å²) in [5.74, 6) is -0.771. The van der Waals surface area contributed by atoms with Crippen LogP contribution in [0.1, 0.15) is 30.1 Å². The second-order valence-corrected chi connectivity index (χ2v) is 4.32. The first-order valence-corrected chi connectivity index (χ1v) is 6.27. The number of carbonyl (C=O) groups is 2. The minimum Gasteiger partial charge on any atom is -0.358 e. The molecule has 2 rings (SSSR count). The first kappa shape index (κ1) is 14.1. The highest BCUT2D eigenvalue weighted by atomic mass is 16.6. The van der Waals surface area contributed by atoms with Crippen LogP contribution in [0.2, 0.25) is 0 Å². The number of nitro benzene ring substituents is 1. The highest BCUT2D eigenvalue weighted by Gasteiger charge is 2.36. The third-order valence-corrected chi connectivity index (χ3v) is 3.06. The van der Waals surface area contributed by atoms with Crippen molar-refractivity contribution in [3.05, 3.63) is 39.9 Å². The van der Waals surface area contributed by atoms with Gasteiger partial charge in [0.05, 0.1) is 4.92 Å². The zero-order valence-electron chi connectivity index (χ0n) is 10.9. The molecule has 1 fully saturated rings. The number of nitrogens with zero attached hydrogens (tertiary/aromatic N) is 2. The molecule has 0 radical (unpaired) electrons. The van der Waals surface area contributed by atoms with Gasteiger partial charge < -0.3 is 4.74 Å². The molecule has 0 aliphatic carbocycles. The van der Waals surface area contributed by atoms with E-state index in [-0.39, 0.29) is 23.6 Å². The predicted octanol–water partition coefficient (Wildman–Crippen LogP) is 1.72. The number of imide groups is 1. The summed E-state index contributed by atoms with van der Waals surface area (Å²) < 4.78 is 5.37. The summed E-state index contributed by atoms with van der Waals surface area (Å²) in [5.41, 5.74) is 0.131. The lowest BCUT2D eigenvalue weighted by Gasteiger charge is -2.22. The Morgan fingerprint density at radius 3 is 2.65 bits per heavy atom. The SMILES string of the molecule is CCOC1CCC(=O)N1C(=O)c1ccc([N+](=O)[O-])cc1. The Bertz CT molecular complexity index is 540. The molecule has 0 spiro atoms. The zero-order valence-corrected chi connectivity index (χ0v) is 10.9. The second-order valence-electron chi connectivity index (χ2n) is 4.32. The van der Waals surface area contributed by atoms with E-state index < -0.39 is 17.1 Å². The molecule has 2 amide bonds. The molecule has 7 heteroatoms. The van der Waals surface area contributed by atoms with Crippen LogP contribution in [0.3, 0.4) is 0 Å². The molecule has 1 aromatic carbocycles. The summed E-state index contributed by atoms with van der Waals surface area (Å²) in [6, 6.07) is 5.16. The normalized spacial score (nSPS) is 18.4. The van der Waals surface area contributed by atoms with E-state index in [1.165, 1.54) is 24.3 Å². The lowest BCUT2D eigenvalue weighted by Crippen LogP contribution is -2.40. The molecule has 7 nitrogen and oxygen atoms in total. The molecular formula is C13H14N2O5. The van der Waals surface area contributed by atoms with Gasteiger partial charge in [-0.15, -0.1) is 0 Å². The molecule has 0 saturated carbocycles. The Labute approximate surface area is 115 Å². The quantitative estimate of drug-likeness (QED) is 0.475. The zero-order chi connectivity index (χ0) is 14.7. The Kier molecular flexibility index (Phi) is 4.09.